The lowest BCUT2D eigenvalue weighted by Crippen LogP contribution is -2.35. The average Bonchev–Trinajstić information content (AvgIpc) is 2.30. The molecule has 1 atom stereocenters. The number of carbonyl (C=O) groups is 1. The Bertz CT molecular complexity index is 151. The second-order valence-corrected chi connectivity index (χ2v) is 3.46. The van der Waals surface area contributed by atoms with Gasteiger partial charge in [-0.25, -0.2) is 0 Å². The lowest BCUT2D eigenvalue weighted by atomic mass is 10.1. The van der Waals surface area contributed by atoms with Crippen LogP contribution in [0, 0.1) is 0 Å². The SMILES string of the molecule is CC(=O)N(C)C1CCCNCC1. The molecule has 1 aliphatic heterocycles. The van der Waals surface area contributed by atoms with Gasteiger partial charge in [-0.05, 0) is 32.4 Å². The lowest BCUT2D eigenvalue weighted by Gasteiger charge is -2.25. The molecule has 1 heterocycles. The Morgan fingerprint density at radius 1 is 1.42 bits per heavy atom. The first-order chi connectivity index (χ1) is 5.72. The molecule has 0 radical (unpaired) electrons. The first kappa shape index (κ1) is 9.52. The molecule has 1 aliphatic rings. The van der Waals surface area contributed by atoms with Gasteiger partial charge in [-0.1, -0.05) is 0 Å². The number of hydrogen-bond donors (Lipinski definition) is 1. The second-order valence-electron chi connectivity index (χ2n) is 3.46. The van der Waals surface area contributed by atoms with E-state index in [-0.39, 0.29) is 5.91 Å². The summed E-state index contributed by atoms with van der Waals surface area (Å²) in [6.07, 6.45) is 3.42. The number of carbonyl (C=O) groups excluding carboxylic acids is 1. The standard InChI is InChI=1S/C9H18N2O/c1-8(12)11(2)9-4-3-6-10-7-5-9/h9-10H,3-7H2,1-2H3. The lowest BCUT2D eigenvalue weighted by molar-refractivity contribution is -0.129. The maximum absolute atomic E-state index is 11.1. The van der Waals surface area contributed by atoms with Crippen molar-refractivity contribution in [3.05, 3.63) is 0 Å². The Morgan fingerprint density at radius 2 is 2.17 bits per heavy atom. The van der Waals surface area contributed by atoms with Crippen LogP contribution in [0.15, 0.2) is 0 Å². The summed E-state index contributed by atoms with van der Waals surface area (Å²) >= 11 is 0. The van der Waals surface area contributed by atoms with Crippen molar-refractivity contribution in [3.63, 3.8) is 0 Å². The molecule has 0 aromatic carbocycles. The quantitative estimate of drug-likeness (QED) is 0.625. The monoisotopic (exact) mass is 170 g/mol. The van der Waals surface area contributed by atoms with Crippen molar-refractivity contribution in [1.82, 2.24) is 10.2 Å². The fraction of sp³-hybridized carbons (Fsp3) is 0.889. The summed E-state index contributed by atoms with van der Waals surface area (Å²) in [5.74, 6) is 0.182. The highest BCUT2D eigenvalue weighted by Gasteiger charge is 2.17. The van der Waals surface area contributed by atoms with Crippen molar-refractivity contribution < 1.29 is 4.79 Å². The summed E-state index contributed by atoms with van der Waals surface area (Å²) in [6.45, 7) is 3.78. The zero-order chi connectivity index (χ0) is 8.97. The van der Waals surface area contributed by atoms with Crippen LogP contribution in [0.25, 0.3) is 0 Å². The maximum Gasteiger partial charge on any atom is 0.219 e. The molecule has 0 bridgehead atoms. The maximum atomic E-state index is 11.1. The predicted octanol–water partition coefficient (Wildman–Crippen LogP) is 0.607. The highest BCUT2D eigenvalue weighted by Crippen LogP contribution is 2.11. The first-order valence-electron chi connectivity index (χ1n) is 4.66. The van der Waals surface area contributed by atoms with Gasteiger partial charge in [0.15, 0.2) is 0 Å². The molecular formula is C9H18N2O. The summed E-state index contributed by atoms with van der Waals surface area (Å²) in [7, 11) is 1.90. The largest absolute Gasteiger partial charge is 0.343 e. The Hall–Kier alpha value is -0.570. The fourth-order valence-corrected chi connectivity index (χ4v) is 1.65. The topological polar surface area (TPSA) is 32.3 Å². The Morgan fingerprint density at radius 3 is 2.83 bits per heavy atom. The molecule has 1 rings (SSSR count). The van der Waals surface area contributed by atoms with Gasteiger partial charge in [0.25, 0.3) is 0 Å². The molecule has 70 valence electrons. The van der Waals surface area contributed by atoms with E-state index in [1.165, 1.54) is 6.42 Å². The van der Waals surface area contributed by atoms with Crippen molar-refractivity contribution in [2.75, 3.05) is 20.1 Å². The van der Waals surface area contributed by atoms with Crippen molar-refractivity contribution in [1.29, 1.82) is 0 Å². The smallest absolute Gasteiger partial charge is 0.219 e. The zero-order valence-corrected chi connectivity index (χ0v) is 7.97. The number of nitrogens with zero attached hydrogens (tertiary/aromatic N) is 1. The normalized spacial score (nSPS) is 24.7. The molecule has 1 saturated heterocycles. The van der Waals surface area contributed by atoms with Gasteiger partial charge in [-0.3, -0.25) is 4.79 Å². The molecule has 0 saturated carbocycles. The van der Waals surface area contributed by atoms with Gasteiger partial charge in [0.05, 0.1) is 0 Å². The molecule has 1 unspecified atom stereocenters. The summed E-state index contributed by atoms with van der Waals surface area (Å²) in [6, 6.07) is 0.456. The van der Waals surface area contributed by atoms with Crippen LogP contribution in [0.3, 0.4) is 0 Å². The predicted molar refractivity (Wildman–Crippen MR) is 49.0 cm³/mol. The second kappa shape index (κ2) is 4.45. The van der Waals surface area contributed by atoms with E-state index >= 15 is 0 Å². The Labute approximate surface area is 74.1 Å². The van der Waals surface area contributed by atoms with Gasteiger partial charge >= 0.3 is 0 Å². The Balaban J connectivity index is 2.42. The molecule has 1 amide bonds. The van der Waals surface area contributed by atoms with Crippen LogP contribution in [0.1, 0.15) is 26.2 Å². The van der Waals surface area contributed by atoms with Gasteiger partial charge in [0.1, 0.15) is 0 Å². The van der Waals surface area contributed by atoms with Crippen LogP contribution in [0.5, 0.6) is 0 Å². The van der Waals surface area contributed by atoms with E-state index in [4.69, 9.17) is 0 Å². The van der Waals surface area contributed by atoms with E-state index in [0.717, 1.165) is 25.9 Å². The van der Waals surface area contributed by atoms with E-state index < -0.39 is 0 Å². The number of hydrogen-bond acceptors (Lipinski definition) is 2. The van der Waals surface area contributed by atoms with E-state index in [1.807, 2.05) is 11.9 Å². The van der Waals surface area contributed by atoms with Gasteiger partial charge in [-0.2, -0.15) is 0 Å². The van der Waals surface area contributed by atoms with Gasteiger partial charge in [0.2, 0.25) is 5.91 Å². The third kappa shape index (κ3) is 2.48. The third-order valence-electron chi connectivity index (χ3n) is 2.59. The molecule has 0 aromatic rings. The van der Waals surface area contributed by atoms with E-state index in [2.05, 4.69) is 5.32 Å². The highest BCUT2D eigenvalue weighted by molar-refractivity contribution is 5.73. The average molecular weight is 170 g/mol. The minimum absolute atomic E-state index is 0.182. The molecule has 0 spiro atoms. The molecule has 1 N–H and O–H groups in total. The molecule has 3 heteroatoms. The van der Waals surface area contributed by atoms with Crippen LogP contribution < -0.4 is 5.32 Å². The van der Waals surface area contributed by atoms with Gasteiger partial charge in [-0.15, -0.1) is 0 Å². The van der Waals surface area contributed by atoms with E-state index in [9.17, 15) is 4.79 Å². The van der Waals surface area contributed by atoms with E-state index in [0.29, 0.717) is 6.04 Å². The molecule has 0 aliphatic carbocycles. The molecule has 0 aromatic heterocycles. The summed E-state index contributed by atoms with van der Waals surface area (Å²) in [4.78, 5) is 12.9. The summed E-state index contributed by atoms with van der Waals surface area (Å²) in [5, 5.41) is 3.33. The van der Waals surface area contributed by atoms with Crippen LogP contribution in [0.4, 0.5) is 0 Å². The van der Waals surface area contributed by atoms with Crippen LogP contribution in [-0.4, -0.2) is 37.0 Å². The van der Waals surface area contributed by atoms with Crippen molar-refractivity contribution in [3.8, 4) is 0 Å². The fourth-order valence-electron chi connectivity index (χ4n) is 1.65. The Kier molecular flexibility index (Phi) is 3.53. The van der Waals surface area contributed by atoms with Gasteiger partial charge in [0, 0.05) is 20.0 Å². The molecule has 3 nitrogen and oxygen atoms in total. The third-order valence-corrected chi connectivity index (χ3v) is 2.59. The summed E-state index contributed by atoms with van der Waals surface area (Å²) < 4.78 is 0. The number of nitrogens with one attached hydrogen (secondary N) is 1. The zero-order valence-electron chi connectivity index (χ0n) is 7.97. The molecule has 12 heavy (non-hydrogen) atoms. The van der Waals surface area contributed by atoms with Crippen molar-refractivity contribution >= 4 is 5.91 Å². The summed E-state index contributed by atoms with van der Waals surface area (Å²) in [5.41, 5.74) is 0. The van der Waals surface area contributed by atoms with Crippen molar-refractivity contribution in [2.24, 2.45) is 0 Å². The minimum atomic E-state index is 0.182. The van der Waals surface area contributed by atoms with Gasteiger partial charge < -0.3 is 10.2 Å². The number of rotatable bonds is 1. The van der Waals surface area contributed by atoms with E-state index in [1.54, 1.807) is 6.92 Å². The van der Waals surface area contributed by atoms with Crippen LogP contribution in [0.2, 0.25) is 0 Å². The molecule has 1 fully saturated rings. The minimum Gasteiger partial charge on any atom is -0.343 e. The van der Waals surface area contributed by atoms with Crippen LogP contribution in [-0.2, 0) is 4.79 Å². The highest BCUT2D eigenvalue weighted by atomic mass is 16.2. The van der Waals surface area contributed by atoms with Crippen molar-refractivity contribution in [2.45, 2.75) is 32.2 Å². The first-order valence-corrected chi connectivity index (χ1v) is 4.66. The van der Waals surface area contributed by atoms with Crippen LogP contribution >= 0.6 is 0 Å². The number of amides is 1. The molecular weight excluding hydrogens is 152 g/mol.